The van der Waals surface area contributed by atoms with E-state index in [1.165, 1.54) is 22.8 Å². The minimum atomic E-state index is -0.465. The Kier molecular flexibility index (Phi) is 4.59. The lowest BCUT2D eigenvalue weighted by Crippen LogP contribution is -2.08. The summed E-state index contributed by atoms with van der Waals surface area (Å²) in [6.07, 6.45) is 4.66. The van der Waals surface area contributed by atoms with Crippen molar-refractivity contribution in [1.29, 1.82) is 0 Å². The molecular formula is C21H17FN4O3. The van der Waals surface area contributed by atoms with Crippen LogP contribution >= 0.6 is 0 Å². The number of halogens is 1. The number of aromatic nitrogens is 3. The highest BCUT2D eigenvalue weighted by atomic mass is 19.1. The zero-order chi connectivity index (χ0) is 20.5. The molecule has 2 heterocycles. The molecule has 146 valence electrons. The van der Waals surface area contributed by atoms with Gasteiger partial charge in [-0.1, -0.05) is 0 Å². The van der Waals surface area contributed by atoms with Crippen molar-refractivity contribution < 1.29 is 13.6 Å². The van der Waals surface area contributed by atoms with Gasteiger partial charge in [-0.2, -0.15) is 5.10 Å². The van der Waals surface area contributed by atoms with Crippen molar-refractivity contribution in [2.75, 3.05) is 5.32 Å². The number of carbonyl (C=O) groups is 1. The third-order valence-electron chi connectivity index (χ3n) is 4.56. The second-order valence-corrected chi connectivity index (χ2v) is 6.51. The summed E-state index contributed by atoms with van der Waals surface area (Å²) in [4.78, 5) is 23.9. The Bertz CT molecular complexity index is 1300. The number of nitrogens with one attached hydrogen (secondary N) is 1. The van der Waals surface area contributed by atoms with E-state index in [1.54, 1.807) is 61.4 Å². The minimum absolute atomic E-state index is 0.321. The van der Waals surface area contributed by atoms with Crippen molar-refractivity contribution in [2.45, 2.75) is 0 Å². The normalized spacial score (nSPS) is 11.4. The van der Waals surface area contributed by atoms with Crippen LogP contribution in [0.4, 0.5) is 10.1 Å². The van der Waals surface area contributed by atoms with Crippen LogP contribution in [0.1, 0.15) is 5.56 Å². The zero-order valence-corrected chi connectivity index (χ0v) is 15.7. The third kappa shape index (κ3) is 3.60. The molecule has 0 atom stereocenters. The van der Waals surface area contributed by atoms with Gasteiger partial charge >= 0.3 is 5.76 Å². The van der Waals surface area contributed by atoms with Crippen LogP contribution < -0.4 is 11.1 Å². The van der Waals surface area contributed by atoms with E-state index in [4.69, 9.17) is 4.42 Å². The summed E-state index contributed by atoms with van der Waals surface area (Å²) < 4.78 is 21.4. The van der Waals surface area contributed by atoms with Gasteiger partial charge in [0.05, 0.1) is 17.4 Å². The van der Waals surface area contributed by atoms with Gasteiger partial charge in [-0.3, -0.25) is 14.0 Å². The molecule has 29 heavy (non-hydrogen) atoms. The molecule has 7 nitrogen and oxygen atoms in total. The SMILES string of the molecule is Cn1ncc(/C=C/C(=O)Nc2ccc3c(c2)oc(=O)n3C)c1-c1ccc(F)cc1. The Morgan fingerprint density at radius 1 is 1.17 bits per heavy atom. The topological polar surface area (TPSA) is 82.1 Å². The number of amides is 1. The third-order valence-corrected chi connectivity index (χ3v) is 4.56. The van der Waals surface area contributed by atoms with Crippen LogP contribution in [0.15, 0.2) is 63.9 Å². The Morgan fingerprint density at radius 3 is 2.69 bits per heavy atom. The largest absolute Gasteiger partial charge is 0.419 e. The average molecular weight is 392 g/mol. The van der Waals surface area contributed by atoms with E-state index in [-0.39, 0.29) is 11.7 Å². The summed E-state index contributed by atoms with van der Waals surface area (Å²) in [5.74, 6) is -1.14. The van der Waals surface area contributed by atoms with E-state index in [0.29, 0.717) is 16.8 Å². The quantitative estimate of drug-likeness (QED) is 0.540. The van der Waals surface area contributed by atoms with E-state index in [2.05, 4.69) is 10.4 Å². The van der Waals surface area contributed by atoms with E-state index in [1.807, 2.05) is 0 Å². The van der Waals surface area contributed by atoms with Crippen LogP contribution in [-0.4, -0.2) is 20.3 Å². The fraction of sp³-hybridized carbons (Fsp3) is 0.0952. The highest BCUT2D eigenvalue weighted by molar-refractivity contribution is 6.03. The van der Waals surface area contributed by atoms with E-state index in [9.17, 15) is 14.0 Å². The van der Waals surface area contributed by atoms with Crippen LogP contribution in [0.5, 0.6) is 0 Å². The summed E-state index contributed by atoms with van der Waals surface area (Å²) in [5.41, 5.74) is 3.82. The van der Waals surface area contributed by atoms with E-state index in [0.717, 1.165) is 16.8 Å². The maximum Gasteiger partial charge on any atom is 0.419 e. The van der Waals surface area contributed by atoms with E-state index >= 15 is 0 Å². The van der Waals surface area contributed by atoms with Gasteiger partial charge in [-0.05, 0) is 42.5 Å². The standard InChI is InChI=1S/C21H17FN4O3/c1-25-17-9-8-16(11-18(17)29-21(25)28)24-19(27)10-5-14-12-23-26(2)20(14)13-3-6-15(22)7-4-13/h3-12H,1-2H3,(H,24,27)/b10-5+. The molecule has 0 saturated carbocycles. The van der Waals surface area contributed by atoms with Gasteiger partial charge < -0.3 is 9.73 Å². The monoisotopic (exact) mass is 392 g/mol. The van der Waals surface area contributed by atoms with Crippen LogP contribution in [0.3, 0.4) is 0 Å². The predicted molar refractivity (Wildman–Crippen MR) is 108 cm³/mol. The summed E-state index contributed by atoms with van der Waals surface area (Å²) in [6.45, 7) is 0. The number of hydrogen-bond donors (Lipinski definition) is 1. The molecular weight excluding hydrogens is 375 g/mol. The Balaban J connectivity index is 1.55. The first-order valence-corrected chi connectivity index (χ1v) is 8.79. The molecule has 0 bridgehead atoms. The molecule has 0 spiro atoms. The summed E-state index contributed by atoms with van der Waals surface area (Å²) >= 11 is 0. The maximum atomic E-state index is 13.2. The number of hydrogen-bond acceptors (Lipinski definition) is 4. The number of benzene rings is 2. The molecule has 0 fully saturated rings. The Hall–Kier alpha value is -3.94. The molecule has 1 N–H and O–H groups in total. The van der Waals surface area contributed by atoms with Crippen molar-refractivity contribution in [3.05, 3.63) is 76.7 Å². The first-order chi connectivity index (χ1) is 13.9. The molecule has 4 aromatic rings. The molecule has 0 radical (unpaired) electrons. The number of nitrogens with zero attached hydrogens (tertiary/aromatic N) is 3. The van der Waals surface area contributed by atoms with Gasteiger partial charge in [0.1, 0.15) is 5.82 Å². The minimum Gasteiger partial charge on any atom is -0.408 e. The van der Waals surface area contributed by atoms with Gasteiger partial charge in [0.25, 0.3) is 0 Å². The lowest BCUT2D eigenvalue weighted by atomic mass is 10.1. The van der Waals surface area contributed by atoms with Gasteiger partial charge in [0, 0.05) is 43.1 Å². The summed E-state index contributed by atoms with van der Waals surface area (Å²) in [7, 11) is 3.39. The first kappa shape index (κ1) is 18.4. The molecule has 8 heteroatoms. The van der Waals surface area contributed by atoms with Crippen molar-refractivity contribution in [2.24, 2.45) is 14.1 Å². The summed E-state index contributed by atoms with van der Waals surface area (Å²) in [6, 6.07) is 11.1. The highest BCUT2D eigenvalue weighted by Crippen LogP contribution is 2.24. The molecule has 0 aliphatic heterocycles. The van der Waals surface area contributed by atoms with Gasteiger partial charge in [-0.15, -0.1) is 0 Å². The molecule has 0 aliphatic rings. The van der Waals surface area contributed by atoms with Crippen molar-refractivity contribution in [3.8, 4) is 11.3 Å². The van der Waals surface area contributed by atoms with Gasteiger partial charge in [0.15, 0.2) is 5.58 Å². The maximum absolute atomic E-state index is 13.2. The first-order valence-electron chi connectivity index (χ1n) is 8.79. The van der Waals surface area contributed by atoms with Gasteiger partial charge in [-0.25, -0.2) is 9.18 Å². The van der Waals surface area contributed by atoms with E-state index < -0.39 is 5.76 Å². The van der Waals surface area contributed by atoms with Crippen molar-refractivity contribution >= 4 is 28.8 Å². The number of carbonyl (C=O) groups excluding carboxylic acids is 1. The molecule has 4 rings (SSSR count). The van der Waals surface area contributed by atoms with Crippen molar-refractivity contribution in [1.82, 2.24) is 14.3 Å². The zero-order valence-electron chi connectivity index (χ0n) is 15.7. The number of fused-ring (bicyclic) bond motifs is 1. The molecule has 1 amide bonds. The Morgan fingerprint density at radius 2 is 1.93 bits per heavy atom. The van der Waals surface area contributed by atoms with Crippen LogP contribution in [-0.2, 0) is 18.9 Å². The van der Waals surface area contributed by atoms with Crippen LogP contribution in [0, 0.1) is 5.82 Å². The molecule has 2 aromatic heterocycles. The molecule has 0 aliphatic carbocycles. The predicted octanol–water partition coefficient (Wildman–Crippen LogP) is 3.32. The smallest absolute Gasteiger partial charge is 0.408 e. The number of aryl methyl sites for hydroxylation is 2. The lowest BCUT2D eigenvalue weighted by Gasteiger charge is -2.04. The lowest BCUT2D eigenvalue weighted by molar-refractivity contribution is -0.111. The Labute approximate surface area is 164 Å². The number of oxazole rings is 1. The highest BCUT2D eigenvalue weighted by Gasteiger charge is 2.10. The van der Waals surface area contributed by atoms with Crippen molar-refractivity contribution in [3.63, 3.8) is 0 Å². The number of rotatable bonds is 4. The average Bonchev–Trinajstić information content (AvgIpc) is 3.20. The fourth-order valence-electron chi connectivity index (χ4n) is 3.10. The van der Waals surface area contributed by atoms with Crippen LogP contribution in [0.25, 0.3) is 28.4 Å². The molecule has 0 saturated heterocycles. The fourth-order valence-corrected chi connectivity index (χ4v) is 3.10. The summed E-state index contributed by atoms with van der Waals surface area (Å²) in [5, 5.41) is 6.95. The number of anilines is 1. The van der Waals surface area contributed by atoms with Crippen LogP contribution in [0.2, 0.25) is 0 Å². The second kappa shape index (κ2) is 7.23. The molecule has 0 unspecified atom stereocenters. The molecule has 2 aromatic carbocycles. The second-order valence-electron chi connectivity index (χ2n) is 6.51. The van der Waals surface area contributed by atoms with Gasteiger partial charge in [0.2, 0.25) is 5.91 Å².